The molecular formula is C12H14Cl2O3. The zero-order valence-corrected chi connectivity index (χ0v) is 11.1. The van der Waals surface area contributed by atoms with Crippen LogP contribution in [-0.4, -0.2) is 18.2 Å². The van der Waals surface area contributed by atoms with E-state index in [0.717, 1.165) is 0 Å². The van der Waals surface area contributed by atoms with Crippen molar-refractivity contribution in [1.29, 1.82) is 0 Å². The summed E-state index contributed by atoms with van der Waals surface area (Å²) in [5, 5.41) is 10.8. The highest BCUT2D eigenvalue weighted by Crippen LogP contribution is 2.34. The number of hydrogen-bond donors (Lipinski definition) is 1. The van der Waals surface area contributed by atoms with E-state index in [1.54, 1.807) is 25.1 Å². The van der Waals surface area contributed by atoms with Gasteiger partial charge >= 0.3 is 5.97 Å². The number of benzene rings is 1. The summed E-state index contributed by atoms with van der Waals surface area (Å²) in [6, 6.07) is 4.94. The number of methoxy groups -OCH3 is 1. The van der Waals surface area contributed by atoms with Crippen LogP contribution in [0.25, 0.3) is 0 Å². The van der Waals surface area contributed by atoms with Crippen LogP contribution in [0.3, 0.4) is 0 Å². The average molecular weight is 277 g/mol. The molecule has 17 heavy (non-hydrogen) atoms. The summed E-state index contributed by atoms with van der Waals surface area (Å²) in [5.41, 5.74) is 0.441. The molecule has 0 saturated carbocycles. The maximum Gasteiger partial charge on any atom is 0.311 e. The molecule has 2 atom stereocenters. The van der Waals surface area contributed by atoms with Gasteiger partial charge in [0.05, 0.1) is 29.2 Å². The van der Waals surface area contributed by atoms with Crippen molar-refractivity contribution < 1.29 is 14.6 Å². The Bertz CT molecular complexity index is 407. The Morgan fingerprint density at radius 3 is 2.65 bits per heavy atom. The second-order valence-corrected chi connectivity index (χ2v) is 4.41. The van der Waals surface area contributed by atoms with E-state index in [-0.39, 0.29) is 5.02 Å². The van der Waals surface area contributed by atoms with Crippen LogP contribution in [0.4, 0.5) is 0 Å². The molecule has 5 heteroatoms. The van der Waals surface area contributed by atoms with Gasteiger partial charge in [-0.3, -0.25) is 4.79 Å². The van der Waals surface area contributed by atoms with Gasteiger partial charge in [0.2, 0.25) is 0 Å². The van der Waals surface area contributed by atoms with Crippen molar-refractivity contribution in [3.05, 3.63) is 33.8 Å². The summed E-state index contributed by atoms with van der Waals surface area (Å²) in [4.78, 5) is 11.5. The number of rotatable bonds is 4. The van der Waals surface area contributed by atoms with Crippen LogP contribution >= 0.6 is 23.2 Å². The lowest BCUT2D eigenvalue weighted by Gasteiger charge is -2.20. The Balaban J connectivity index is 3.06. The van der Waals surface area contributed by atoms with Crippen LogP contribution in [0.1, 0.15) is 25.0 Å². The lowest BCUT2D eigenvalue weighted by molar-refractivity contribution is -0.149. The second-order valence-electron chi connectivity index (χ2n) is 3.63. The molecule has 1 aromatic carbocycles. The fourth-order valence-electron chi connectivity index (χ4n) is 1.64. The fourth-order valence-corrected chi connectivity index (χ4v) is 2.06. The minimum absolute atomic E-state index is 0.268. The van der Waals surface area contributed by atoms with Gasteiger partial charge in [0.1, 0.15) is 0 Å². The second kappa shape index (κ2) is 6.24. The van der Waals surface area contributed by atoms with Gasteiger partial charge in [-0.05, 0) is 12.5 Å². The standard InChI is InChI=1S/C12H14Cl2O3/c1-3-7(12(16)17-2)11(15)8-5-4-6-9(13)10(8)14/h4-7,11,15H,3H2,1-2H3. The smallest absolute Gasteiger partial charge is 0.311 e. The minimum atomic E-state index is -1.02. The zero-order valence-electron chi connectivity index (χ0n) is 9.61. The molecule has 1 N–H and O–H groups in total. The van der Waals surface area contributed by atoms with Gasteiger partial charge in [0.15, 0.2) is 0 Å². The Hall–Kier alpha value is -0.770. The van der Waals surface area contributed by atoms with Crippen LogP contribution in [0, 0.1) is 5.92 Å². The van der Waals surface area contributed by atoms with Gasteiger partial charge in [-0.2, -0.15) is 0 Å². The van der Waals surface area contributed by atoms with Crippen molar-refractivity contribution in [2.24, 2.45) is 5.92 Å². The number of aliphatic hydroxyl groups excluding tert-OH is 1. The topological polar surface area (TPSA) is 46.5 Å². The average Bonchev–Trinajstić information content (AvgIpc) is 2.33. The maximum atomic E-state index is 11.5. The van der Waals surface area contributed by atoms with E-state index in [1.165, 1.54) is 7.11 Å². The quantitative estimate of drug-likeness (QED) is 0.859. The Morgan fingerprint density at radius 2 is 2.12 bits per heavy atom. The molecule has 0 aliphatic carbocycles. The first kappa shape index (κ1) is 14.3. The fraction of sp³-hybridized carbons (Fsp3) is 0.417. The highest BCUT2D eigenvalue weighted by Gasteiger charge is 2.29. The van der Waals surface area contributed by atoms with Crippen LogP contribution in [0.2, 0.25) is 10.0 Å². The molecule has 0 aromatic heterocycles. The van der Waals surface area contributed by atoms with Crippen molar-refractivity contribution in [3.8, 4) is 0 Å². The first-order valence-corrected chi connectivity index (χ1v) is 5.98. The first-order valence-electron chi connectivity index (χ1n) is 5.22. The Labute approximate surface area is 110 Å². The molecule has 0 bridgehead atoms. The molecule has 0 aliphatic rings. The molecule has 0 amide bonds. The van der Waals surface area contributed by atoms with Gasteiger partial charge in [0, 0.05) is 5.56 Å². The van der Waals surface area contributed by atoms with Crippen molar-refractivity contribution in [2.45, 2.75) is 19.4 Å². The SMILES string of the molecule is CCC(C(=O)OC)C(O)c1cccc(Cl)c1Cl. The van der Waals surface area contributed by atoms with Gasteiger partial charge in [-0.25, -0.2) is 0 Å². The number of esters is 1. The molecule has 3 nitrogen and oxygen atoms in total. The van der Waals surface area contributed by atoms with E-state index >= 15 is 0 Å². The number of carbonyl (C=O) groups excluding carboxylic acids is 1. The predicted molar refractivity (Wildman–Crippen MR) is 67.2 cm³/mol. The maximum absolute atomic E-state index is 11.5. The summed E-state index contributed by atoms with van der Waals surface area (Å²) in [5.74, 6) is -1.10. The number of halogens is 2. The molecule has 0 saturated heterocycles. The molecule has 0 spiro atoms. The van der Waals surface area contributed by atoms with Crippen LogP contribution < -0.4 is 0 Å². The largest absolute Gasteiger partial charge is 0.469 e. The number of aliphatic hydroxyl groups is 1. The summed E-state index contributed by atoms with van der Waals surface area (Å²) in [6.45, 7) is 1.79. The number of hydrogen-bond acceptors (Lipinski definition) is 3. The van der Waals surface area contributed by atoms with Crippen molar-refractivity contribution in [2.75, 3.05) is 7.11 Å². The molecule has 0 radical (unpaired) electrons. The predicted octanol–water partition coefficient (Wildman–Crippen LogP) is 3.23. The highest BCUT2D eigenvalue weighted by molar-refractivity contribution is 6.42. The minimum Gasteiger partial charge on any atom is -0.469 e. The van der Waals surface area contributed by atoms with Gasteiger partial charge in [-0.15, -0.1) is 0 Å². The van der Waals surface area contributed by atoms with Crippen LogP contribution in [-0.2, 0) is 9.53 Å². The van der Waals surface area contributed by atoms with E-state index in [4.69, 9.17) is 23.2 Å². The summed E-state index contributed by atoms with van der Waals surface area (Å²) in [7, 11) is 1.29. The van der Waals surface area contributed by atoms with Crippen molar-refractivity contribution >= 4 is 29.2 Å². The molecule has 0 aliphatic heterocycles. The lowest BCUT2D eigenvalue weighted by Crippen LogP contribution is -2.23. The Kier molecular flexibility index (Phi) is 5.25. The van der Waals surface area contributed by atoms with Gasteiger partial charge in [-0.1, -0.05) is 42.3 Å². The number of carbonyl (C=O) groups is 1. The van der Waals surface area contributed by atoms with E-state index < -0.39 is 18.0 Å². The van der Waals surface area contributed by atoms with Crippen LogP contribution in [0.5, 0.6) is 0 Å². The van der Waals surface area contributed by atoms with E-state index in [1.807, 2.05) is 0 Å². The summed E-state index contributed by atoms with van der Waals surface area (Å²) >= 11 is 11.9. The molecule has 1 aromatic rings. The normalized spacial score (nSPS) is 14.2. The van der Waals surface area contributed by atoms with Crippen molar-refractivity contribution in [1.82, 2.24) is 0 Å². The lowest BCUT2D eigenvalue weighted by atomic mass is 9.93. The molecule has 94 valence electrons. The third kappa shape index (κ3) is 3.12. The van der Waals surface area contributed by atoms with Crippen molar-refractivity contribution in [3.63, 3.8) is 0 Å². The van der Waals surface area contributed by atoms with Gasteiger partial charge in [0.25, 0.3) is 0 Å². The third-order valence-corrected chi connectivity index (χ3v) is 3.46. The van der Waals surface area contributed by atoms with E-state index in [2.05, 4.69) is 4.74 Å². The molecule has 0 heterocycles. The van der Waals surface area contributed by atoms with Gasteiger partial charge < -0.3 is 9.84 Å². The first-order chi connectivity index (χ1) is 8.02. The van der Waals surface area contributed by atoms with E-state index in [9.17, 15) is 9.90 Å². The number of ether oxygens (including phenoxy) is 1. The highest BCUT2D eigenvalue weighted by atomic mass is 35.5. The summed E-state index contributed by atoms with van der Waals surface area (Å²) < 4.78 is 4.64. The molecule has 2 unspecified atom stereocenters. The zero-order chi connectivity index (χ0) is 13.0. The van der Waals surface area contributed by atoms with Crippen LogP contribution in [0.15, 0.2) is 18.2 Å². The van der Waals surface area contributed by atoms with E-state index in [0.29, 0.717) is 17.0 Å². The molecule has 0 fully saturated rings. The summed E-state index contributed by atoms with van der Waals surface area (Å²) in [6.07, 6.45) is -0.560. The third-order valence-electron chi connectivity index (χ3n) is 2.62. The Morgan fingerprint density at radius 1 is 1.47 bits per heavy atom. The molecular weight excluding hydrogens is 263 g/mol. The monoisotopic (exact) mass is 276 g/mol. The molecule has 1 rings (SSSR count).